The monoisotopic (exact) mass is 456 g/mol. The molecule has 156 valence electrons. The zero-order valence-corrected chi connectivity index (χ0v) is 18.2. The number of nitrogens with zero attached hydrogens (tertiary/aromatic N) is 1. The van der Waals surface area contributed by atoms with Crippen LogP contribution in [0, 0.1) is 6.92 Å². The standard InChI is InChI=1S/C20H22Cl2N2O4S/c1-14-7-9-16(10-8-14)29(26,27)24(18-6-2-5-17(21)20(18)22)13-19(25)23-12-15-4-3-11-28-15/h2,5-10,15H,3-4,11-13H2,1H3,(H,23,25)/t15-/m1/s1. The molecule has 0 bridgehead atoms. The second-order valence-electron chi connectivity index (χ2n) is 6.84. The van der Waals surface area contributed by atoms with Crippen LogP contribution in [0.3, 0.4) is 0 Å². The highest BCUT2D eigenvalue weighted by molar-refractivity contribution is 7.92. The van der Waals surface area contributed by atoms with Gasteiger partial charge in [-0.2, -0.15) is 0 Å². The third-order valence-electron chi connectivity index (χ3n) is 4.65. The first-order valence-electron chi connectivity index (χ1n) is 9.21. The number of sulfonamides is 1. The Bertz CT molecular complexity index is 974. The van der Waals surface area contributed by atoms with E-state index in [2.05, 4.69) is 5.32 Å². The highest BCUT2D eigenvalue weighted by Crippen LogP contribution is 2.35. The molecule has 1 heterocycles. The molecule has 2 aromatic rings. The Balaban J connectivity index is 1.90. The maximum atomic E-state index is 13.3. The summed E-state index contributed by atoms with van der Waals surface area (Å²) in [5.41, 5.74) is 1.07. The van der Waals surface area contributed by atoms with Crippen LogP contribution < -0.4 is 9.62 Å². The molecule has 2 aromatic carbocycles. The summed E-state index contributed by atoms with van der Waals surface area (Å²) < 4.78 is 33.1. The molecule has 1 saturated heterocycles. The van der Waals surface area contributed by atoms with Crippen LogP contribution in [-0.2, 0) is 19.6 Å². The van der Waals surface area contributed by atoms with E-state index in [0.717, 1.165) is 22.7 Å². The number of aryl methyl sites for hydroxylation is 1. The number of hydrogen-bond donors (Lipinski definition) is 1. The highest BCUT2D eigenvalue weighted by Gasteiger charge is 2.29. The number of nitrogens with one attached hydrogen (secondary N) is 1. The van der Waals surface area contributed by atoms with Crippen molar-refractivity contribution in [2.24, 2.45) is 0 Å². The van der Waals surface area contributed by atoms with E-state index in [1.54, 1.807) is 24.3 Å². The van der Waals surface area contributed by atoms with Crippen molar-refractivity contribution in [1.82, 2.24) is 5.32 Å². The average molecular weight is 457 g/mol. The fraction of sp³-hybridized carbons (Fsp3) is 0.350. The SMILES string of the molecule is Cc1ccc(S(=O)(=O)N(CC(=O)NC[C@H]2CCCO2)c2cccc(Cl)c2Cl)cc1. The van der Waals surface area contributed by atoms with Gasteiger partial charge in [0.05, 0.1) is 26.7 Å². The molecule has 1 aliphatic heterocycles. The van der Waals surface area contributed by atoms with Gasteiger partial charge in [-0.25, -0.2) is 8.42 Å². The van der Waals surface area contributed by atoms with Gasteiger partial charge >= 0.3 is 0 Å². The van der Waals surface area contributed by atoms with Crippen LogP contribution in [-0.4, -0.2) is 40.1 Å². The average Bonchev–Trinajstić information content (AvgIpc) is 3.21. The van der Waals surface area contributed by atoms with Crippen LogP contribution >= 0.6 is 23.2 Å². The van der Waals surface area contributed by atoms with Crippen molar-refractivity contribution in [3.8, 4) is 0 Å². The quantitative estimate of drug-likeness (QED) is 0.687. The Labute approximate surface area is 180 Å². The van der Waals surface area contributed by atoms with Gasteiger partial charge in [-0.1, -0.05) is 47.0 Å². The molecule has 29 heavy (non-hydrogen) atoms. The number of anilines is 1. The molecule has 1 N–H and O–H groups in total. The van der Waals surface area contributed by atoms with E-state index in [9.17, 15) is 13.2 Å². The summed E-state index contributed by atoms with van der Waals surface area (Å²) in [5.74, 6) is -0.452. The fourth-order valence-electron chi connectivity index (χ4n) is 3.04. The first-order chi connectivity index (χ1) is 13.8. The third-order valence-corrected chi connectivity index (χ3v) is 7.23. The lowest BCUT2D eigenvalue weighted by molar-refractivity contribution is -0.120. The van der Waals surface area contributed by atoms with Crippen molar-refractivity contribution < 1.29 is 17.9 Å². The van der Waals surface area contributed by atoms with Crippen LogP contribution in [0.1, 0.15) is 18.4 Å². The van der Waals surface area contributed by atoms with Crippen molar-refractivity contribution in [3.05, 3.63) is 58.1 Å². The summed E-state index contributed by atoms with van der Waals surface area (Å²) in [6.45, 7) is 2.44. The Morgan fingerprint density at radius 1 is 1.21 bits per heavy atom. The van der Waals surface area contributed by atoms with Crippen molar-refractivity contribution >= 4 is 44.8 Å². The van der Waals surface area contributed by atoms with Crippen molar-refractivity contribution in [1.29, 1.82) is 0 Å². The van der Waals surface area contributed by atoms with Gasteiger partial charge in [-0.3, -0.25) is 9.10 Å². The predicted octanol–water partition coefficient (Wildman–Crippen LogP) is 3.79. The topological polar surface area (TPSA) is 75.7 Å². The van der Waals surface area contributed by atoms with Gasteiger partial charge in [-0.05, 0) is 44.0 Å². The van der Waals surface area contributed by atoms with Crippen LogP contribution in [0.25, 0.3) is 0 Å². The molecule has 6 nitrogen and oxygen atoms in total. The largest absolute Gasteiger partial charge is 0.376 e. The molecule has 0 saturated carbocycles. The normalized spacial score (nSPS) is 16.6. The van der Waals surface area contributed by atoms with Gasteiger partial charge in [-0.15, -0.1) is 0 Å². The third kappa shape index (κ3) is 5.22. The van der Waals surface area contributed by atoms with Gasteiger partial charge in [0, 0.05) is 13.2 Å². The highest BCUT2D eigenvalue weighted by atomic mass is 35.5. The maximum absolute atomic E-state index is 13.3. The first-order valence-corrected chi connectivity index (χ1v) is 11.4. The minimum absolute atomic E-state index is 0.0455. The number of carbonyl (C=O) groups is 1. The second kappa shape index (κ2) is 9.34. The van der Waals surface area contributed by atoms with Gasteiger partial charge in [0.2, 0.25) is 5.91 Å². The minimum Gasteiger partial charge on any atom is -0.376 e. The Hall–Kier alpha value is -1.80. The molecule has 3 rings (SSSR count). The van der Waals surface area contributed by atoms with E-state index in [1.165, 1.54) is 18.2 Å². The zero-order chi connectivity index (χ0) is 21.0. The lowest BCUT2D eigenvalue weighted by atomic mass is 10.2. The minimum atomic E-state index is -4.04. The van der Waals surface area contributed by atoms with Crippen LogP contribution in [0.2, 0.25) is 10.0 Å². The number of benzene rings is 2. The summed E-state index contributed by atoms with van der Waals surface area (Å²) in [5, 5.41) is 3.01. The molecule has 0 spiro atoms. The van der Waals surface area contributed by atoms with Crippen molar-refractivity contribution in [3.63, 3.8) is 0 Å². The smallest absolute Gasteiger partial charge is 0.264 e. The summed E-state index contributed by atoms with van der Waals surface area (Å²) in [6.07, 6.45) is 1.77. The zero-order valence-electron chi connectivity index (χ0n) is 15.9. The molecular weight excluding hydrogens is 435 g/mol. The molecule has 1 atom stereocenters. The molecule has 0 aromatic heterocycles. The van der Waals surface area contributed by atoms with Gasteiger partial charge in [0.15, 0.2) is 0 Å². The molecular formula is C20H22Cl2N2O4S. The van der Waals surface area contributed by atoms with Crippen molar-refractivity contribution in [2.45, 2.75) is 30.8 Å². The molecule has 1 fully saturated rings. The summed E-state index contributed by atoms with van der Waals surface area (Å²) in [4.78, 5) is 12.6. The summed E-state index contributed by atoms with van der Waals surface area (Å²) in [7, 11) is -4.04. The predicted molar refractivity (Wildman–Crippen MR) is 114 cm³/mol. The number of rotatable bonds is 7. The Morgan fingerprint density at radius 3 is 2.59 bits per heavy atom. The molecule has 1 amide bonds. The van der Waals surface area contributed by atoms with Gasteiger partial charge < -0.3 is 10.1 Å². The number of hydrogen-bond acceptors (Lipinski definition) is 4. The van der Waals surface area contributed by atoms with Gasteiger partial charge in [0.1, 0.15) is 6.54 Å². The second-order valence-corrected chi connectivity index (χ2v) is 9.48. The number of amides is 1. The number of carbonyl (C=O) groups excluding carboxylic acids is 1. The lowest BCUT2D eigenvalue weighted by Gasteiger charge is -2.25. The first kappa shape index (κ1) is 21.9. The molecule has 9 heteroatoms. The fourth-order valence-corrected chi connectivity index (χ4v) is 4.92. The van der Waals surface area contributed by atoms with E-state index >= 15 is 0 Å². The van der Waals surface area contributed by atoms with E-state index in [0.29, 0.717) is 13.2 Å². The van der Waals surface area contributed by atoms with E-state index in [4.69, 9.17) is 27.9 Å². The molecule has 0 aliphatic carbocycles. The Kier molecular flexibility index (Phi) is 7.05. The van der Waals surface area contributed by atoms with Crippen molar-refractivity contribution in [2.75, 3.05) is 24.0 Å². The van der Waals surface area contributed by atoms with E-state index in [1.807, 2.05) is 6.92 Å². The summed E-state index contributed by atoms with van der Waals surface area (Å²) in [6, 6.07) is 11.1. The summed E-state index contributed by atoms with van der Waals surface area (Å²) >= 11 is 12.4. The van der Waals surface area contributed by atoms with Crippen LogP contribution in [0.5, 0.6) is 0 Å². The van der Waals surface area contributed by atoms with Gasteiger partial charge in [0.25, 0.3) is 10.0 Å². The molecule has 1 aliphatic rings. The number of halogens is 2. The molecule has 0 radical (unpaired) electrons. The van der Waals surface area contributed by atoms with E-state index < -0.39 is 22.5 Å². The van der Waals surface area contributed by atoms with E-state index in [-0.39, 0.29) is 26.7 Å². The van der Waals surface area contributed by atoms with Crippen LogP contribution in [0.15, 0.2) is 47.4 Å². The lowest BCUT2D eigenvalue weighted by Crippen LogP contribution is -2.43. The van der Waals surface area contributed by atoms with Crippen LogP contribution in [0.4, 0.5) is 5.69 Å². The maximum Gasteiger partial charge on any atom is 0.264 e. The number of ether oxygens (including phenoxy) is 1. The molecule has 0 unspecified atom stereocenters. The Morgan fingerprint density at radius 2 is 1.93 bits per heavy atom.